The van der Waals surface area contributed by atoms with Crippen LogP contribution >= 0.6 is 38.5 Å². The number of nitrogens with one attached hydrogen (secondary N) is 1. The van der Waals surface area contributed by atoms with Gasteiger partial charge in [0.1, 0.15) is 0 Å². The van der Waals surface area contributed by atoms with E-state index in [1.165, 1.54) is 20.1 Å². The van der Waals surface area contributed by atoms with E-state index in [2.05, 4.69) is 91.3 Å². The first-order valence-corrected chi connectivity index (χ1v) is 8.53. The highest BCUT2D eigenvalue weighted by atomic mass is 127. The summed E-state index contributed by atoms with van der Waals surface area (Å²) in [5.74, 6) is 0. The molecule has 3 rings (SSSR count). The lowest BCUT2D eigenvalue weighted by atomic mass is 9.98. The van der Waals surface area contributed by atoms with Gasteiger partial charge >= 0.3 is 0 Å². The highest BCUT2D eigenvalue weighted by Crippen LogP contribution is 2.30. The summed E-state index contributed by atoms with van der Waals surface area (Å²) in [7, 11) is 1.99. The van der Waals surface area contributed by atoms with Crippen molar-refractivity contribution in [1.29, 1.82) is 0 Å². The Kier molecular flexibility index (Phi) is 4.57. The molecule has 1 heterocycles. The summed E-state index contributed by atoms with van der Waals surface area (Å²) in [4.78, 5) is 4.45. The molecule has 0 saturated heterocycles. The molecule has 0 spiro atoms. The fourth-order valence-electron chi connectivity index (χ4n) is 2.50. The van der Waals surface area contributed by atoms with Crippen LogP contribution in [0.25, 0.3) is 10.9 Å². The fraction of sp³-hybridized carbons (Fsp3) is 0.118. The minimum atomic E-state index is 0.154. The zero-order valence-corrected chi connectivity index (χ0v) is 15.2. The lowest BCUT2D eigenvalue weighted by Crippen LogP contribution is -2.18. The van der Waals surface area contributed by atoms with Gasteiger partial charge in [0.2, 0.25) is 0 Å². The van der Waals surface area contributed by atoms with Crippen molar-refractivity contribution in [2.24, 2.45) is 0 Å². The van der Waals surface area contributed by atoms with E-state index in [0.29, 0.717) is 0 Å². The lowest BCUT2D eigenvalue weighted by Gasteiger charge is -2.19. The average molecular weight is 453 g/mol. The van der Waals surface area contributed by atoms with E-state index in [0.717, 1.165) is 9.99 Å². The number of fused-ring (bicyclic) bond motifs is 1. The van der Waals surface area contributed by atoms with Crippen LogP contribution in [0.4, 0.5) is 0 Å². The Morgan fingerprint density at radius 3 is 2.81 bits per heavy atom. The molecule has 0 fully saturated rings. The summed E-state index contributed by atoms with van der Waals surface area (Å²) < 4.78 is 2.34. The van der Waals surface area contributed by atoms with Crippen LogP contribution in [0.3, 0.4) is 0 Å². The molecule has 0 aliphatic heterocycles. The van der Waals surface area contributed by atoms with Crippen molar-refractivity contribution in [1.82, 2.24) is 10.3 Å². The molecular weight excluding hydrogens is 439 g/mol. The molecule has 3 aromatic rings. The van der Waals surface area contributed by atoms with Gasteiger partial charge in [0.15, 0.2) is 0 Å². The molecule has 2 nitrogen and oxygen atoms in total. The van der Waals surface area contributed by atoms with E-state index >= 15 is 0 Å². The topological polar surface area (TPSA) is 24.9 Å². The maximum absolute atomic E-state index is 4.45. The fourth-order valence-corrected chi connectivity index (χ4v) is 3.53. The standard InChI is InChI=1S/C17H14BrIN2/c1-20-17(14-10-13(18)6-7-15(14)19)12-5-4-11-3-2-8-21-16(11)9-12/h2-10,17,20H,1H3. The van der Waals surface area contributed by atoms with Crippen molar-refractivity contribution in [2.75, 3.05) is 7.05 Å². The summed E-state index contributed by atoms with van der Waals surface area (Å²) >= 11 is 5.95. The lowest BCUT2D eigenvalue weighted by molar-refractivity contribution is 0.689. The van der Waals surface area contributed by atoms with Crippen LogP contribution in [0.1, 0.15) is 17.2 Å². The minimum Gasteiger partial charge on any atom is -0.309 e. The Labute approximate surface area is 146 Å². The highest BCUT2D eigenvalue weighted by Gasteiger charge is 2.15. The third-order valence-corrected chi connectivity index (χ3v) is 5.00. The molecule has 1 unspecified atom stereocenters. The third kappa shape index (κ3) is 3.12. The Hall–Kier alpha value is -0.980. The second kappa shape index (κ2) is 6.42. The smallest absolute Gasteiger partial charge is 0.0705 e. The Morgan fingerprint density at radius 2 is 2.00 bits per heavy atom. The van der Waals surface area contributed by atoms with Crippen molar-refractivity contribution < 1.29 is 0 Å². The molecule has 0 radical (unpaired) electrons. The number of hydrogen-bond acceptors (Lipinski definition) is 2. The summed E-state index contributed by atoms with van der Waals surface area (Å²) in [6.45, 7) is 0. The van der Waals surface area contributed by atoms with E-state index in [1.807, 2.05) is 19.3 Å². The van der Waals surface area contributed by atoms with Crippen molar-refractivity contribution >= 4 is 49.4 Å². The van der Waals surface area contributed by atoms with Crippen LogP contribution in [-0.2, 0) is 0 Å². The molecule has 2 aromatic carbocycles. The van der Waals surface area contributed by atoms with Gasteiger partial charge in [0, 0.05) is 19.6 Å². The normalized spacial score (nSPS) is 12.5. The molecule has 0 amide bonds. The zero-order valence-electron chi connectivity index (χ0n) is 11.5. The number of aromatic nitrogens is 1. The molecule has 4 heteroatoms. The predicted octanol–water partition coefficient (Wildman–Crippen LogP) is 4.91. The van der Waals surface area contributed by atoms with Gasteiger partial charge in [-0.15, -0.1) is 0 Å². The van der Waals surface area contributed by atoms with Crippen LogP contribution in [0, 0.1) is 3.57 Å². The Bertz CT molecular complexity index is 789. The summed E-state index contributed by atoms with van der Waals surface area (Å²) in [5, 5.41) is 4.58. The highest BCUT2D eigenvalue weighted by molar-refractivity contribution is 14.1. The molecule has 1 aromatic heterocycles. The number of nitrogens with zero attached hydrogens (tertiary/aromatic N) is 1. The first-order chi connectivity index (χ1) is 10.2. The number of rotatable bonds is 3. The van der Waals surface area contributed by atoms with Gasteiger partial charge in [0.25, 0.3) is 0 Å². The third-order valence-electron chi connectivity index (χ3n) is 3.52. The van der Waals surface area contributed by atoms with Gasteiger partial charge in [0.05, 0.1) is 11.6 Å². The largest absolute Gasteiger partial charge is 0.309 e. The quantitative estimate of drug-likeness (QED) is 0.571. The maximum atomic E-state index is 4.45. The summed E-state index contributed by atoms with van der Waals surface area (Å²) in [5.41, 5.74) is 3.52. The van der Waals surface area contributed by atoms with Gasteiger partial charge < -0.3 is 5.32 Å². The van der Waals surface area contributed by atoms with Crippen molar-refractivity contribution in [3.8, 4) is 0 Å². The average Bonchev–Trinajstić information content (AvgIpc) is 2.51. The second-order valence-electron chi connectivity index (χ2n) is 4.84. The molecule has 0 saturated carbocycles. The van der Waals surface area contributed by atoms with Crippen LogP contribution in [0.15, 0.2) is 59.2 Å². The monoisotopic (exact) mass is 452 g/mol. The van der Waals surface area contributed by atoms with Gasteiger partial charge in [-0.25, -0.2) is 0 Å². The van der Waals surface area contributed by atoms with Crippen LogP contribution < -0.4 is 5.32 Å². The molecular formula is C17H14BrIN2. The number of hydrogen-bond donors (Lipinski definition) is 1. The van der Waals surface area contributed by atoms with Crippen molar-refractivity contribution in [3.63, 3.8) is 0 Å². The molecule has 0 aliphatic carbocycles. The Morgan fingerprint density at radius 1 is 1.14 bits per heavy atom. The second-order valence-corrected chi connectivity index (χ2v) is 6.92. The van der Waals surface area contributed by atoms with E-state index in [9.17, 15) is 0 Å². The summed E-state index contributed by atoms with van der Waals surface area (Å²) in [6, 6.07) is 17.0. The minimum absolute atomic E-state index is 0.154. The van der Waals surface area contributed by atoms with Gasteiger partial charge in [-0.1, -0.05) is 34.1 Å². The maximum Gasteiger partial charge on any atom is 0.0705 e. The van der Waals surface area contributed by atoms with Gasteiger partial charge in [-0.05, 0) is 71.1 Å². The zero-order chi connectivity index (χ0) is 14.8. The molecule has 0 bridgehead atoms. The SMILES string of the molecule is CNC(c1ccc2cccnc2c1)c1cc(Br)ccc1I. The van der Waals surface area contributed by atoms with Crippen LogP contribution in [0.5, 0.6) is 0 Å². The molecule has 1 atom stereocenters. The van der Waals surface area contributed by atoms with Crippen molar-refractivity contribution in [3.05, 3.63) is 73.9 Å². The van der Waals surface area contributed by atoms with E-state index in [4.69, 9.17) is 0 Å². The van der Waals surface area contributed by atoms with E-state index in [-0.39, 0.29) is 6.04 Å². The van der Waals surface area contributed by atoms with Crippen LogP contribution in [-0.4, -0.2) is 12.0 Å². The van der Waals surface area contributed by atoms with Gasteiger partial charge in [-0.2, -0.15) is 0 Å². The van der Waals surface area contributed by atoms with Crippen molar-refractivity contribution in [2.45, 2.75) is 6.04 Å². The number of halogens is 2. The number of pyridine rings is 1. The first-order valence-electron chi connectivity index (χ1n) is 6.66. The molecule has 106 valence electrons. The van der Waals surface area contributed by atoms with E-state index < -0.39 is 0 Å². The molecule has 21 heavy (non-hydrogen) atoms. The first kappa shape index (κ1) is 14.9. The summed E-state index contributed by atoms with van der Waals surface area (Å²) in [6.07, 6.45) is 1.84. The number of benzene rings is 2. The van der Waals surface area contributed by atoms with Gasteiger partial charge in [-0.3, -0.25) is 4.98 Å². The Balaban J connectivity index is 2.11. The van der Waals surface area contributed by atoms with E-state index in [1.54, 1.807) is 0 Å². The van der Waals surface area contributed by atoms with Crippen LogP contribution in [0.2, 0.25) is 0 Å². The molecule has 1 N–H and O–H groups in total. The molecule has 0 aliphatic rings. The predicted molar refractivity (Wildman–Crippen MR) is 99.5 cm³/mol.